The van der Waals surface area contributed by atoms with Crippen molar-refractivity contribution < 1.29 is 4.79 Å². The van der Waals surface area contributed by atoms with Crippen molar-refractivity contribution in [1.29, 1.82) is 0 Å². The van der Waals surface area contributed by atoms with Gasteiger partial charge in [0.25, 0.3) is 5.91 Å². The summed E-state index contributed by atoms with van der Waals surface area (Å²) in [4.78, 5) is 31.5. The zero-order valence-corrected chi connectivity index (χ0v) is 16.2. The first kappa shape index (κ1) is 18.0. The maximum Gasteiger partial charge on any atom is 0.283 e. The third-order valence-corrected chi connectivity index (χ3v) is 6.06. The van der Waals surface area contributed by atoms with Gasteiger partial charge in [-0.3, -0.25) is 14.7 Å². The molecule has 1 saturated heterocycles. The van der Waals surface area contributed by atoms with Crippen LogP contribution in [0, 0.1) is 0 Å². The fraction of sp³-hybridized carbons (Fsp3) is 0.400. The quantitative estimate of drug-likeness (QED) is 0.656. The number of carbonyl (C=O) groups excluding carboxylic acids is 1. The first-order chi connectivity index (χ1) is 13.2. The number of amides is 1. The second-order valence-corrected chi connectivity index (χ2v) is 7.79. The predicted molar refractivity (Wildman–Crippen MR) is 107 cm³/mol. The molecule has 0 spiro atoms. The van der Waals surface area contributed by atoms with E-state index in [9.17, 15) is 4.79 Å². The van der Waals surface area contributed by atoms with E-state index in [-0.39, 0.29) is 5.91 Å². The summed E-state index contributed by atoms with van der Waals surface area (Å²) in [6.45, 7) is 5.61. The van der Waals surface area contributed by atoms with Crippen LogP contribution in [0.25, 0.3) is 10.3 Å². The molecule has 1 aliphatic rings. The molecular weight excluding hydrogens is 358 g/mol. The van der Waals surface area contributed by atoms with Gasteiger partial charge in [-0.2, -0.15) is 0 Å². The minimum Gasteiger partial charge on any atom is -0.331 e. The maximum absolute atomic E-state index is 13.3. The molecule has 1 amide bonds. The lowest BCUT2D eigenvalue weighted by molar-refractivity contribution is 0.0692. The highest BCUT2D eigenvalue weighted by Crippen LogP contribution is 2.24. The Morgan fingerprint density at radius 2 is 2.15 bits per heavy atom. The van der Waals surface area contributed by atoms with Crippen molar-refractivity contribution >= 4 is 27.6 Å². The maximum atomic E-state index is 13.3. The number of carbonyl (C=O) groups is 1. The Hall–Kier alpha value is -2.38. The van der Waals surface area contributed by atoms with Crippen molar-refractivity contribution in [3.05, 3.63) is 53.4 Å². The normalized spacial score (nSPS) is 17.4. The van der Waals surface area contributed by atoms with Gasteiger partial charge in [-0.1, -0.05) is 18.3 Å². The number of fused-ring (bicyclic) bond motifs is 1. The van der Waals surface area contributed by atoms with E-state index < -0.39 is 0 Å². The second kappa shape index (κ2) is 8.10. The summed E-state index contributed by atoms with van der Waals surface area (Å²) in [6, 6.07) is 8.09. The van der Waals surface area contributed by atoms with E-state index in [1.807, 2.05) is 29.2 Å². The van der Waals surface area contributed by atoms with Crippen molar-refractivity contribution in [3.63, 3.8) is 0 Å². The van der Waals surface area contributed by atoms with Crippen LogP contribution in [0.1, 0.15) is 35.1 Å². The number of pyridine rings is 2. The molecule has 4 heterocycles. The van der Waals surface area contributed by atoms with Crippen LogP contribution in [0.2, 0.25) is 0 Å². The van der Waals surface area contributed by atoms with Gasteiger partial charge >= 0.3 is 0 Å². The van der Waals surface area contributed by atoms with Crippen molar-refractivity contribution in [3.8, 4) is 0 Å². The van der Waals surface area contributed by atoms with Crippen LogP contribution < -0.4 is 0 Å². The average Bonchev–Trinajstić information content (AvgIpc) is 3.34. The molecule has 0 N–H and O–H groups in total. The lowest BCUT2D eigenvalue weighted by atomic mass is 10.1. The Balaban J connectivity index is 1.60. The molecule has 3 aromatic heterocycles. The van der Waals surface area contributed by atoms with Crippen LogP contribution in [0.5, 0.6) is 0 Å². The number of thiazole rings is 1. The summed E-state index contributed by atoms with van der Waals surface area (Å²) in [7, 11) is 0. The summed E-state index contributed by atoms with van der Waals surface area (Å²) in [6.07, 6.45) is 7.61. The molecule has 3 aromatic rings. The Morgan fingerprint density at radius 1 is 1.30 bits per heavy atom. The van der Waals surface area contributed by atoms with Gasteiger partial charge in [-0.15, -0.1) is 0 Å². The lowest BCUT2D eigenvalue weighted by Crippen LogP contribution is -2.42. The number of rotatable bonds is 6. The highest BCUT2D eigenvalue weighted by atomic mass is 32.1. The van der Waals surface area contributed by atoms with Crippen molar-refractivity contribution in [2.75, 3.05) is 19.6 Å². The van der Waals surface area contributed by atoms with Crippen LogP contribution in [0.4, 0.5) is 0 Å². The van der Waals surface area contributed by atoms with E-state index >= 15 is 0 Å². The third kappa shape index (κ3) is 3.99. The topological polar surface area (TPSA) is 62.2 Å². The number of hydrogen-bond acceptors (Lipinski definition) is 6. The largest absolute Gasteiger partial charge is 0.331 e. The zero-order chi connectivity index (χ0) is 18.6. The Labute approximate surface area is 162 Å². The van der Waals surface area contributed by atoms with Gasteiger partial charge in [-0.05, 0) is 55.8 Å². The van der Waals surface area contributed by atoms with Gasteiger partial charge in [0.2, 0.25) is 0 Å². The van der Waals surface area contributed by atoms with E-state index in [2.05, 4.69) is 26.8 Å². The molecule has 0 saturated carbocycles. The van der Waals surface area contributed by atoms with Gasteiger partial charge in [0.05, 0.1) is 0 Å². The van der Waals surface area contributed by atoms with E-state index in [0.717, 1.165) is 42.0 Å². The van der Waals surface area contributed by atoms with Crippen molar-refractivity contribution in [1.82, 2.24) is 24.8 Å². The molecule has 140 valence electrons. The van der Waals surface area contributed by atoms with E-state index in [4.69, 9.17) is 0 Å². The molecule has 1 atom stereocenters. The van der Waals surface area contributed by atoms with Gasteiger partial charge in [0.1, 0.15) is 10.3 Å². The molecule has 7 heteroatoms. The zero-order valence-electron chi connectivity index (χ0n) is 15.4. The Kier molecular flexibility index (Phi) is 5.40. The fourth-order valence-electron chi connectivity index (χ4n) is 3.70. The van der Waals surface area contributed by atoms with Gasteiger partial charge in [-0.25, -0.2) is 9.97 Å². The summed E-state index contributed by atoms with van der Waals surface area (Å²) >= 11 is 1.37. The monoisotopic (exact) mass is 381 g/mol. The minimum absolute atomic E-state index is 0.0160. The van der Waals surface area contributed by atoms with Crippen LogP contribution >= 0.6 is 11.3 Å². The van der Waals surface area contributed by atoms with E-state index in [1.165, 1.54) is 17.8 Å². The molecule has 0 aromatic carbocycles. The van der Waals surface area contributed by atoms with Gasteiger partial charge < -0.3 is 4.90 Å². The van der Waals surface area contributed by atoms with Crippen molar-refractivity contribution in [2.24, 2.45) is 0 Å². The molecule has 4 rings (SSSR count). The van der Waals surface area contributed by atoms with E-state index in [1.54, 1.807) is 18.6 Å². The third-order valence-electron chi connectivity index (χ3n) is 5.10. The molecule has 27 heavy (non-hydrogen) atoms. The summed E-state index contributed by atoms with van der Waals surface area (Å²) < 4.78 is 0. The SMILES string of the molecule is CCN1CCCC1CN(Cc1ccncc1)C(=O)c1nc2cccnc2s1. The van der Waals surface area contributed by atoms with Crippen LogP contribution in [-0.4, -0.2) is 56.3 Å². The molecule has 0 radical (unpaired) electrons. The van der Waals surface area contributed by atoms with Gasteiger partial charge in [0.15, 0.2) is 5.01 Å². The predicted octanol–water partition coefficient (Wildman–Crippen LogP) is 3.21. The lowest BCUT2D eigenvalue weighted by Gasteiger charge is -2.30. The highest BCUT2D eigenvalue weighted by Gasteiger charge is 2.29. The number of likely N-dealkylation sites (N-methyl/N-ethyl adjacent to an activating group) is 1. The minimum atomic E-state index is -0.0160. The average molecular weight is 382 g/mol. The van der Waals surface area contributed by atoms with Crippen molar-refractivity contribution in [2.45, 2.75) is 32.4 Å². The highest BCUT2D eigenvalue weighted by molar-refractivity contribution is 7.19. The standard InChI is InChI=1S/C20H23N5OS/c1-2-24-12-4-5-16(24)14-25(13-15-7-10-21-11-8-15)20(26)19-23-17-6-3-9-22-18(17)27-19/h3,6-11,16H,2,4-5,12-14H2,1H3. The van der Waals surface area contributed by atoms with Crippen LogP contribution in [0.15, 0.2) is 42.9 Å². The van der Waals surface area contributed by atoms with Crippen LogP contribution in [0.3, 0.4) is 0 Å². The summed E-state index contributed by atoms with van der Waals surface area (Å²) in [5.41, 5.74) is 1.87. The summed E-state index contributed by atoms with van der Waals surface area (Å²) in [5, 5.41) is 0.513. The second-order valence-electron chi connectivity index (χ2n) is 6.81. The smallest absolute Gasteiger partial charge is 0.283 e. The summed E-state index contributed by atoms with van der Waals surface area (Å²) in [5.74, 6) is -0.0160. The molecule has 0 aliphatic carbocycles. The van der Waals surface area contributed by atoms with Gasteiger partial charge in [0, 0.05) is 37.7 Å². The first-order valence-electron chi connectivity index (χ1n) is 9.38. The first-order valence-corrected chi connectivity index (χ1v) is 10.2. The van der Waals surface area contributed by atoms with E-state index in [0.29, 0.717) is 17.6 Å². The Morgan fingerprint density at radius 3 is 2.93 bits per heavy atom. The van der Waals surface area contributed by atoms with Crippen LogP contribution in [-0.2, 0) is 6.54 Å². The number of aromatic nitrogens is 3. The Bertz CT molecular complexity index is 880. The molecular formula is C20H23N5OS. The fourth-order valence-corrected chi connectivity index (χ4v) is 4.57. The number of likely N-dealkylation sites (tertiary alicyclic amines) is 1. The molecule has 6 nitrogen and oxygen atoms in total. The number of nitrogens with zero attached hydrogens (tertiary/aromatic N) is 5. The molecule has 1 unspecified atom stereocenters. The number of hydrogen-bond donors (Lipinski definition) is 0. The molecule has 1 aliphatic heterocycles. The molecule has 1 fully saturated rings. The molecule has 0 bridgehead atoms.